The van der Waals surface area contributed by atoms with Crippen molar-refractivity contribution in [1.82, 2.24) is 0 Å². The Morgan fingerprint density at radius 2 is 2.06 bits per heavy atom. The molecule has 0 spiro atoms. The highest BCUT2D eigenvalue weighted by molar-refractivity contribution is 5.84. The number of nitrogens with zero attached hydrogens (tertiary/aromatic N) is 1. The van der Waals surface area contributed by atoms with E-state index in [0.717, 1.165) is 43.8 Å². The summed E-state index contributed by atoms with van der Waals surface area (Å²) in [5, 5.41) is 0. The van der Waals surface area contributed by atoms with Crippen LogP contribution >= 0.6 is 0 Å². The molecule has 1 heterocycles. The monoisotopic (exact) mass is 221 g/mol. The lowest BCUT2D eigenvalue weighted by atomic mass is 9.98. The third kappa shape index (κ3) is 2.23. The molecule has 0 radical (unpaired) electrons. The molecule has 1 fully saturated rings. The number of anilines is 1. The Hall–Kier alpha value is -1.38. The van der Waals surface area contributed by atoms with Crippen LogP contribution in [-0.4, -0.2) is 19.4 Å². The minimum absolute atomic E-state index is 0.278. The first-order valence-electron chi connectivity index (χ1n) is 5.70. The number of hydrogen-bond donors (Lipinski definition) is 0. The van der Waals surface area contributed by atoms with E-state index in [1.165, 1.54) is 12.1 Å². The summed E-state index contributed by atoms with van der Waals surface area (Å²) in [6.45, 7) is 4.04. The standard InChI is InChI=1S/C13H16FNO/c1-10-4-6-15(7-5-10)13-8-12(14)3-2-11(13)9-16/h2-3,8-10H,4-7H2,1H3. The topological polar surface area (TPSA) is 20.3 Å². The van der Waals surface area contributed by atoms with Crippen molar-refractivity contribution in [2.24, 2.45) is 5.92 Å². The van der Waals surface area contributed by atoms with Gasteiger partial charge in [0.25, 0.3) is 0 Å². The van der Waals surface area contributed by atoms with Gasteiger partial charge in [-0.15, -0.1) is 0 Å². The van der Waals surface area contributed by atoms with Gasteiger partial charge in [0, 0.05) is 18.7 Å². The van der Waals surface area contributed by atoms with E-state index in [-0.39, 0.29) is 5.82 Å². The molecule has 1 aliphatic rings. The molecule has 0 amide bonds. The molecule has 0 aromatic heterocycles. The van der Waals surface area contributed by atoms with Crippen molar-refractivity contribution in [1.29, 1.82) is 0 Å². The van der Waals surface area contributed by atoms with Gasteiger partial charge in [0.2, 0.25) is 0 Å². The fraction of sp³-hybridized carbons (Fsp3) is 0.462. The molecule has 0 N–H and O–H groups in total. The highest BCUT2D eigenvalue weighted by Crippen LogP contribution is 2.26. The molecule has 2 nitrogen and oxygen atoms in total. The molecule has 1 aliphatic heterocycles. The molecule has 1 saturated heterocycles. The largest absolute Gasteiger partial charge is 0.371 e. The van der Waals surface area contributed by atoms with E-state index in [4.69, 9.17) is 0 Å². The summed E-state index contributed by atoms with van der Waals surface area (Å²) in [6.07, 6.45) is 3.01. The molecule has 0 bridgehead atoms. The lowest BCUT2D eigenvalue weighted by Gasteiger charge is -2.32. The van der Waals surface area contributed by atoms with Crippen LogP contribution in [-0.2, 0) is 0 Å². The minimum atomic E-state index is -0.278. The summed E-state index contributed by atoms with van der Waals surface area (Å²) in [4.78, 5) is 13.0. The van der Waals surface area contributed by atoms with Crippen molar-refractivity contribution in [3.63, 3.8) is 0 Å². The van der Waals surface area contributed by atoms with Crippen molar-refractivity contribution < 1.29 is 9.18 Å². The van der Waals surface area contributed by atoms with Crippen LogP contribution in [0.15, 0.2) is 18.2 Å². The maximum absolute atomic E-state index is 13.2. The zero-order valence-electron chi connectivity index (χ0n) is 9.45. The van der Waals surface area contributed by atoms with E-state index in [9.17, 15) is 9.18 Å². The Balaban J connectivity index is 2.25. The van der Waals surface area contributed by atoms with Crippen LogP contribution in [0.2, 0.25) is 0 Å². The first-order valence-corrected chi connectivity index (χ1v) is 5.70. The predicted octanol–water partition coefficient (Wildman–Crippen LogP) is 2.87. The van der Waals surface area contributed by atoms with E-state index in [1.54, 1.807) is 6.07 Å². The van der Waals surface area contributed by atoms with Gasteiger partial charge in [-0.1, -0.05) is 6.92 Å². The molecule has 0 atom stereocenters. The van der Waals surface area contributed by atoms with Gasteiger partial charge < -0.3 is 4.90 Å². The quantitative estimate of drug-likeness (QED) is 0.716. The zero-order valence-corrected chi connectivity index (χ0v) is 9.45. The number of carbonyl (C=O) groups is 1. The van der Waals surface area contributed by atoms with Crippen molar-refractivity contribution in [3.8, 4) is 0 Å². The number of rotatable bonds is 2. The van der Waals surface area contributed by atoms with Crippen LogP contribution in [0.4, 0.5) is 10.1 Å². The fourth-order valence-corrected chi connectivity index (χ4v) is 2.14. The Bertz CT molecular complexity index is 384. The summed E-state index contributed by atoms with van der Waals surface area (Å²) >= 11 is 0. The zero-order chi connectivity index (χ0) is 11.5. The van der Waals surface area contributed by atoms with Crippen LogP contribution in [0, 0.1) is 11.7 Å². The van der Waals surface area contributed by atoms with E-state index < -0.39 is 0 Å². The molecule has 1 aromatic carbocycles. The first-order chi connectivity index (χ1) is 7.70. The number of hydrogen-bond acceptors (Lipinski definition) is 2. The van der Waals surface area contributed by atoms with Crippen molar-refractivity contribution in [2.45, 2.75) is 19.8 Å². The SMILES string of the molecule is CC1CCN(c2cc(F)ccc2C=O)CC1. The second-order valence-corrected chi connectivity index (χ2v) is 4.49. The molecular formula is C13H16FNO. The third-order valence-electron chi connectivity index (χ3n) is 3.24. The highest BCUT2D eigenvalue weighted by atomic mass is 19.1. The Kier molecular flexibility index (Phi) is 3.22. The predicted molar refractivity (Wildman–Crippen MR) is 62.4 cm³/mol. The summed E-state index contributed by atoms with van der Waals surface area (Å²) in [5.74, 6) is 0.448. The van der Waals surface area contributed by atoms with Crippen LogP contribution in [0.5, 0.6) is 0 Å². The molecule has 3 heteroatoms. The number of halogens is 1. The number of benzene rings is 1. The van der Waals surface area contributed by atoms with Crippen LogP contribution in [0.3, 0.4) is 0 Å². The second-order valence-electron chi connectivity index (χ2n) is 4.49. The lowest BCUT2D eigenvalue weighted by molar-refractivity contribution is 0.112. The molecule has 16 heavy (non-hydrogen) atoms. The Morgan fingerprint density at radius 3 is 2.69 bits per heavy atom. The van der Waals surface area contributed by atoms with Gasteiger partial charge in [-0.25, -0.2) is 4.39 Å². The molecule has 0 aliphatic carbocycles. The highest BCUT2D eigenvalue weighted by Gasteiger charge is 2.18. The maximum atomic E-state index is 13.2. The molecule has 0 unspecified atom stereocenters. The number of piperidine rings is 1. The van der Waals surface area contributed by atoms with Crippen LogP contribution in [0.1, 0.15) is 30.1 Å². The van der Waals surface area contributed by atoms with E-state index in [2.05, 4.69) is 11.8 Å². The lowest BCUT2D eigenvalue weighted by Crippen LogP contribution is -2.33. The maximum Gasteiger partial charge on any atom is 0.152 e. The van der Waals surface area contributed by atoms with Crippen molar-refractivity contribution in [3.05, 3.63) is 29.6 Å². The van der Waals surface area contributed by atoms with Crippen molar-refractivity contribution >= 4 is 12.0 Å². The minimum Gasteiger partial charge on any atom is -0.371 e. The molecular weight excluding hydrogens is 205 g/mol. The van der Waals surface area contributed by atoms with Crippen LogP contribution in [0.25, 0.3) is 0 Å². The average molecular weight is 221 g/mol. The molecule has 1 aromatic rings. The van der Waals surface area contributed by atoms with Crippen molar-refractivity contribution in [2.75, 3.05) is 18.0 Å². The number of carbonyl (C=O) groups excluding carboxylic acids is 1. The van der Waals surface area contributed by atoms with Gasteiger partial charge in [-0.3, -0.25) is 4.79 Å². The van der Waals surface area contributed by atoms with Gasteiger partial charge >= 0.3 is 0 Å². The van der Waals surface area contributed by atoms with Gasteiger partial charge in [-0.2, -0.15) is 0 Å². The smallest absolute Gasteiger partial charge is 0.152 e. The summed E-state index contributed by atoms with van der Waals surface area (Å²) in [7, 11) is 0. The second kappa shape index (κ2) is 4.64. The first kappa shape index (κ1) is 11.1. The summed E-state index contributed by atoms with van der Waals surface area (Å²) in [5.41, 5.74) is 1.32. The van der Waals surface area contributed by atoms with Gasteiger partial charge in [0.05, 0.1) is 5.69 Å². The van der Waals surface area contributed by atoms with E-state index in [0.29, 0.717) is 5.56 Å². The van der Waals surface area contributed by atoms with Gasteiger partial charge in [-0.05, 0) is 37.0 Å². The van der Waals surface area contributed by atoms with Crippen LogP contribution < -0.4 is 4.90 Å². The van der Waals surface area contributed by atoms with E-state index in [1.807, 2.05) is 0 Å². The Labute approximate surface area is 95.1 Å². The van der Waals surface area contributed by atoms with Gasteiger partial charge in [0.1, 0.15) is 5.82 Å². The molecule has 0 saturated carbocycles. The van der Waals surface area contributed by atoms with E-state index >= 15 is 0 Å². The Morgan fingerprint density at radius 1 is 1.38 bits per heavy atom. The summed E-state index contributed by atoms with van der Waals surface area (Å²) < 4.78 is 13.2. The number of aldehydes is 1. The third-order valence-corrected chi connectivity index (χ3v) is 3.24. The fourth-order valence-electron chi connectivity index (χ4n) is 2.14. The molecule has 86 valence electrons. The average Bonchev–Trinajstić information content (AvgIpc) is 2.30. The summed E-state index contributed by atoms with van der Waals surface area (Å²) in [6, 6.07) is 4.34. The molecule has 2 rings (SSSR count). The van der Waals surface area contributed by atoms with Gasteiger partial charge in [0.15, 0.2) is 6.29 Å². The normalized spacial score (nSPS) is 17.5.